The van der Waals surface area contributed by atoms with Gasteiger partial charge in [-0.15, -0.1) is 24.0 Å². The van der Waals surface area contributed by atoms with Gasteiger partial charge in [-0.3, -0.25) is 9.79 Å². The molecule has 1 rings (SSSR count). The Kier molecular flexibility index (Phi) is 12.2. The Morgan fingerprint density at radius 1 is 1.12 bits per heavy atom. The maximum Gasteiger partial charge on any atom is 0.251 e. The third-order valence-corrected chi connectivity index (χ3v) is 3.75. The van der Waals surface area contributed by atoms with E-state index < -0.39 is 0 Å². The first-order chi connectivity index (χ1) is 11.9. The fraction of sp³-hybridized carbons (Fsp3) is 0.579. The Morgan fingerprint density at radius 2 is 1.73 bits per heavy atom. The molecular formula is C19H33IN4O2. The van der Waals surface area contributed by atoms with Crippen LogP contribution >= 0.6 is 24.0 Å². The van der Waals surface area contributed by atoms with Crippen molar-refractivity contribution in [1.82, 2.24) is 16.0 Å². The minimum atomic E-state index is -0.0727. The van der Waals surface area contributed by atoms with Crippen molar-refractivity contribution < 1.29 is 9.53 Å². The van der Waals surface area contributed by atoms with E-state index in [4.69, 9.17) is 4.74 Å². The monoisotopic (exact) mass is 476 g/mol. The van der Waals surface area contributed by atoms with Crippen molar-refractivity contribution in [3.63, 3.8) is 0 Å². The van der Waals surface area contributed by atoms with Crippen LogP contribution in [0.15, 0.2) is 35.3 Å². The number of benzene rings is 1. The summed E-state index contributed by atoms with van der Waals surface area (Å²) in [5.41, 5.74) is 0.690. The number of carbonyl (C=O) groups excluding carboxylic acids is 1. The fourth-order valence-electron chi connectivity index (χ4n) is 2.27. The van der Waals surface area contributed by atoms with Gasteiger partial charge < -0.3 is 20.7 Å². The number of halogens is 1. The van der Waals surface area contributed by atoms with Gasteiger partial charge in [0.1, 0.15) is 0 Å². The van der Waals surface area contributed by atoms with Gasteiger partial charge in [0.15, 0.2) is 5.96 Å². The zero-order valence-electron chi connectivity index (χ0n) is 16.5. The number of ether oxygens (including phenoxy) is 1. The number of hydrogen-bond donors (Lipinski definition) is 3. The van der Waals surface area contributed by atoms with E-state index in [1.165, 1.54) is 0 Å². The second kappa shape index (κ2) is 12.9. The molecule has 0 spiro atoms. The van der Waals surface area contributed by atoms with Gasteiger partial charge in [-0.05, 0) is 24.5 Å². The summed E-state index contributed by atoms with van der Waals surface area (Å²) < 4.78 is 5.53. The molecule has 148 valence electrons. The topological polar surface area (TPSA) is 74.8 Å². The molecule has 26 heavy (non-hydrogen) atoms. The van der Waals surface area contributed by atoms with Crippen LogP contribution in [-0.2, 0) is 4.74 Å². The Hall–Kier alpha value is -1.35. The van der Waals surface area contributed by atoms with Gasteiger partial charge in [0.05, 0.1) is 12.6 Å². The molecule has 0 radical (unpaired) electrons. The van der Waals surface area contributed by atoms with Crippen LogP contribution in [0.1, 0.15) is 38.1 Å². The predicted molar refractivity (Wildman–Crippen MR) is 118 cm³/mol. The van der Waals surface area contributed by atoms with Crippen molar-refractivity contribution in [2.24, 2.45) is 10.4 Å². The quantitative estimate of drug-likeness (QED) is 0.234. The lowest BCUT2D eigenvalue weighted by Crippen LogP contribution is -2.42. The number of nitrogens with one attached hydrogen (secondary N) is 3. The summed E-state index contributed by atoms with van der Waals surface area (Å²) in [4.78, 5) is 16.6. The molecule has 0 saturated carbocycles. The van der Waals surface area contributed by atoms with E-state index in [1.54, 1.807) is 19.2 Å². The fourth-order valence-corrected chi connectivity index (χ4v) is 2.27. The van der Waals surface area contributed by atoms with E-state index >= 15 is 0 Å². The molecule has 3 N–H and O–H groups in total. The predicted octanol–water partition coefficient (Wildman–Crippen LogP) is 2.65. The van der Waals surface area contributed by atoms with Gasteiger partial charge in [0, 0.05) is 32.3 Å². The van der Waals surface area contributed by atoms with Crippen LogP contribution in [0.4, 0.5) is 0 Å². The van der Waals surface area contributed by atoms with Gasteiger partial charge in [-0.1, -0.05) is 39.0 Å². The van der Waals surface area contributed by atoms with Crippen molar-refractivity contribution >= 4 is 35.8 Å². The third kappa shape index (κ3) is 9.38. The lowest BCUT2D eigenvalue weighted by molar-refractivity contribution is 0.0241. The molecule has 7 heteroatoms. The molecule has 0 bridgehead atoms. The van der Waals surface area contributed by atoms with Crippen LogP contribution in [0.5, 0.6) is 0 Å². The van der Waals surface area contributed by atoms with E-state index in [2.05, 4.69) is 41.7 Å². The maximum absolute atomic E-state index is 12.0. The first-order valence-electron chi connectivity index (χ1n) is 8.76. The highest BCUT2D eigenvalue weighted by atomic mass is 127. The van der Waals surface area contributed by atoms with Crippen LogP contribution in [0, 0.1) is 5.41 Å². The number of aliphatic imine (C=N–C) groups is 1. The summed E-state index contributed by atoms with van der Waals surface area (Å²) in [5.74, 6) is 0.652. The molecule has 0 aromatic heterocycles. The number of hydrogen-bond acceptors (Lipinski definition) is 3. The molecule has 1 unspecified atom stereocenters. The molecule has 6 nitrogen and oxygen atoms in total. The largest absolute Gasteiger partial charge is 0.379 e. The molecule has 0 fully saturated rings. The first-order valence-corrected chi connectivity index (χ1v) is 8.76. The third-order valence-electron chi connectivity index (χ3n) is 3.75. The lowest BCUT2D eigenvalue weighted by atomic mass is 9.89. The van der Waals surface area contributed by atoms with E-state index in [9.17, 15) is 4.79 Å². The van der Waals surface area contributed by atoms with E-state index in [0.717, 1.165) is 12.5 Å². The molecule has 1 atom stereocenters. The second-order valence-corrected chi connectivity index (χ2v) is 6.86. The molecule has 1 amide bonds. The van der Waals surface area contributed by atoms with Gasteiger partial charge in [0.25, 0.3) is 5.91 Å². The summed E-state index contributed by atoms with van der Waals surface area (Å²) in [6.45, 7) is 10.9. The highest BCUT2D eigenvalue weighted by Gasteiger charge is 2.24. The number of rotatable bonds is 8. The summed E-state index contributed by atoms with van der Waals surface area (Å²) >= 11 is 0. The normalized spacial score (nSPS) is 12.7. The first kappa shape index (κ1) is 24.7. The molecule has 1 aromatic rings. The summed E-state index contributed by atoms with van der Waals surface area (Å²) in [5, 5.41) is 9.32. The number of guanidine groups is 1. The van der Waals surface area contributed by atoms with Crippen molar-refractivity contribution in [3.05, 3.63) is 35.9 Å². The van der Waals surface area contributed by atoms with E-state index in [0.29, 0.717) is 25.2 Å². The maximum atomic E-state index is 12.0. The van der Waals surface area contributed by atoms with Gasteiger partial charge >= 0.3 is 0 Å². The number of methoxy groups -OCH3 is 1. The lowest BCUT2D eigenvalue weighted by Gasteiger charge is -2.28. The van der Waals surface area contributed by atoms with E-state index in [1.807, 2.05) is 25.1 Å². The Bertz CT molecular complexity index is 544. The Morgan fingerprint density at radius 3 is 2.27 bits per heavy atom. The van der Waals surface area contributed by atoms with Crippen LogP contribution < -0.4 is 16.0 Å². The molecule has 0 aliphatic heterocycles. The summed E-state index contributed by atoms with van der Waals surface area (Å²) in [6.07, 6.45) is 0.0424. The average Bonchev–Trinajstić information content (AvgIpc) is 2.58. The highest BCUT2D eigenvalue weighted by Crippen LogP contribution is 2.21. The van der Waals surface area contributed by atoms with Crippen LogP contribution in [-0.4, -0.2) is 51.3 Å². The SMILES string of the molecule is CCNC(=NCC(OC)C(C)(C)C)NCCNC(=O)c1ccccc1.I. The molecule has 0 heterocycles. The van der Waals surface area contributed by atoms with Gasteiger partial charge in [0.2, 0.25) is 0 Å². The number of carbonyl (C=O) groups is 1. The zero-order chi connectivity index (χ0) is 18.7. The Labute approximate surface area is 174 Å². The van der Waals surface area contributed by atoms with Crippen molar-refractivity contribution in [2.45, 2.75) is 33.8 Å². The summed E-state index contributed by atoms with van der Waals surface area (Å²) in [7, 11) is 1.71. The minimum absolute atomic E-state index is 0. The zero-order valence-corrected chi connectivity index (χ0v) is 18.8. The summed E-state index contributed by atoms with van der Waals surface area (Å²) in [6, 6.07) is 9.19. The van der Waals surface area contributed by atoms with Gasteiger partial charge in [-0.25, -0.2) is 0 Å². The second-order valence-electron chi connectivity index (χ2n) is 6.86. The van der Waals surface area contributed by atoms with Crippen molar-refractivity contribution in [3.8, 4) is 0 Å². The van der Waals surface area contributed by atoms with Crippen molar-refractivity contribution in [1.29, 1.82) is 0 Å². The van der Waals surface area contributed by atoms with Gasteiger partial charge in [-0.2, -0.15) is 0 Å². The standard InChI is InChI=1S/C19H32N4O2.HI/c1-6-20-18(23-14-16(25-5)19(2,3)4)22-13-12-21-17(24)15-10-8-7-9-11-15;/h7-11,16H,6,12-14H2,1-5H3,(H,21,24)(H2,20,22,23);1H. The smallest absolute Gasteiger partial charge is 0.251 e. The minimum Gasteiger partial charge on any atom is -0.379 e. The molecule has 1 aromatic carbocycles. The van der Waals surface area contributed by atoms with E-state index in [-0.39, 0.29) is 41.4 Å². The Balaban J connectivity index is 0.00000625. The molecule has 0 aliphatic rings. The average molecular weight is 476 g/mol. The van der Waals surface area contributed by atoms with Crippen LogP contribution in [0.25, 0.3) is 0 Å². The van der Waals surface area contributed by atoms with Crippen LogP contribution in [0.3, 0.4) is 0 Å². The van der Waals surface area contributed by atoms with Crippen molar-refractivity contribution in [2.75, 3.05) is 33.3 Å². The molecular weight excluding hydrogens is 443 g/mol. The van der Waals surface area contributed by atoms with Crippen LogP contribution in [0.2, 0.25) is 0 Å². The number of nitrogens with zero attached hydrogens (tertiary/aromatic N) is 1. The number of amides is 1. The highest BCUT2D eigenvalue weighted by molar-refractivity contribution is 14.0. The molecule has 0 aliphatic carbocycles. The molecule has 0 saturated heterocycles.